The SMILES string of the molecule is COc1cc(CCN(C)CCCCNC(=O)C/C=C/c2ccc(-n3ccc(=O)cc3)cc2)cc(OC)c1. The first-order chi connectivity index (χ1) is 18.0. The van der Waals surface area contributed by atoms with Crippen LogP contribution < -0.4 is 20.2 Å². The second-order valence-corrected chi connectivity index (χ2v) is 8.97. The van der Waals surface area contributed by atoms with Gasteiger partial charge in [-0.1, -0.05) is 24.3 Å². The van der Waals surface area contributed by atoms with E-state index in [-0.39, 0.29) is 11.3 Å². The Kier molecular flexibility index (Phi) is 11.0. The number of hydrogen-bond acceptors (Lipinski definition) is 5. The van der Waals surface area contributed by atoms with Crippen LogP contribution in [0.4, 0.5) is 0 Å². The maximum absolute atomic E-state index is 12.1. The van der Waals surface area contributed by atoms with Crippen molar-refractivity contribution in [3.05, 3.63) is 94.4 Å². The number of methoxy groups -OCH3 is 2. The fourth-order valence-electron chi connectivity index (χ4n) is 3.89. The number of hydrogen-bond donors (Lipinski definition) is 1. The maximum Gasteiger partial charge on any atom is 0.223 e. The lowest BCUT2D eigenvalue weighted by Crippen LogP contribution is -2.26. The highest BCUT2D eigenvalue weighted by Gasteiger charge is 2.05. The van der Waals surface area contributed by atoms with E-state index in [1.165, 1.54) is 17.7 Å². The normalized spacial score (nSPS) is 11.1. The molecule has 0 aliphatic heterocycles. The van der Waals surface area contributed by atoms with Gasteiger partial charge in [-0.2, -0.15) is 0 Å². The second kappa shape index (κ2) is 14.7. The number of nitrogens with zero attached hydrogens (tertiary/aromatic N) is 2. The average molecular weight is 504 g/mol. The Hall–Kier alpha value is -3.84. The molecule has 7 nitrogen and oxygen atoms in total. The predicted octanol–water partition coefficient (Wildman–Crippen LogP) is 4.33. The lowest BCUT2D eigenvalue weighted by molar-refractivity contribution is -0.120. The summed E-state index contributed by atoms with van der Waals surface area (Å²) in [6, 6.07) is 17.0. The van der Waals surface area contributed by atoms with E-state index in [4.69, 9.17) is 9.47 Å². The molecule has 0 unspecified atom stereocenters. The summed E-state index contributed by atoms with van der Waals surface area (Å²) < 4.78 is 12.6. The molecule has 0 spiro atoms. The molecule has 0 saturated heterocycles. The topological polar surface area (TPSA) is 72.8 Å². The van der Waals surface area contributed by atoms with Crippen molar-refractivity contribution in [2.24, 2.45) is 0 Å². The standard InChI is InChI=1S/C30H37N3O4/c1-32(18-13-25-21-28(36-2)23-29(22-25)37-3)17-5-4-16-31-30(35)8-6-7-24-9-11-26(12-10-24)33-19-14-27(34)15-20-33/h6-7,9-12,14-15,19-23H,4-5,8,13,16-18H2,1-3H3,(H,31,35)/b7-6+. The summed E-state index contributed by atoms with van der Waals surface area (Å²) in [6.45, 7) is 2.60. The Morgan fingerprint density at radius 1 is 0.946 bits per heavy atom. The third-order valence-corrected chi connectivity index (χ3v) is 6.09. The molecule has 0 aliphatic rings. The van der Waals surface area contributed by atoms with Crippen LogP contribution in [0.3, 0.4) is 0 Å². The smallest absolute Gasteiger partial charge is 0.223 e. The molecule has 1 aromatic heterocycles. The van der Waals surface area contributed by atoms with Crippen LogP contribution in [0.5, 0.6) is 11.5 Å². The number of amides is 1. The molecule has 1 heterocycles. The van der Waals surface area contributed by atoms with Crippen molar-refractivity contribution >= 4 is 12.0 Å². The summed E-state index contributed by atoms with van der Waals surface area (Å²) in [5, 5.41) is 3.00. The van der Waals surface area contributed by atoms with Gasteiger partial charge < -0.3 is 24.3 Å². The molecule has 37 heavy (non-hydrogen) atoms. The van der Waals surface area contributed by atoms with Crippen LogP contribution in [-0.2, 0) is 11.2 Å². The zero-order valence-corrected chi connectivity index (χ0v) is 22.0. The van der Waals surface area contributed by atoms with Gasteiger partial charge >= 0.3 is 0 Å². The molecule has 0 saturated carbocycles. The minimum atomic E-state index is -0.0106. The van der Waals surface area contributed by atoms with Crippen LogP contribution in [0, 0.1) is 0 Å². The average Bonchev–Trinajstić information content (AvgIpc) is 2.92. The number of nitrogens with one attached hydrogen (secondary N) is 1. The Bertz CT molecular complexity index is 1180. The molecule has 2 aromatic carbocycles. The van der Waals surface area contributed by atoms with Gasteiger partial charge in [0.25, 0.3) is 0 Å². The van der Waals surface area contributed by atoms with E-state index in [1.807, 2.05) is 59.2 Å². The number of aromatic nitrogens is 1. The first-order valence-electron chi connectivity index (χ1n) is 12.6. The van der Waals surface area contributed by atoms with Crippen LogP contribution in [-0.4, -0.2) is 56.3 Å². The highest BCUT2D eigenvalue weighted by atomic mass is 16.5. The fraction of sp³-hybridized carbons (Fsp3) is 0.333. The molecule has 0 bridgehead atoms. The van der Waals surface area contributed by atoms with Gasteiger partial charge in [0.05, 0.1) is 14.2 Å². The van der Waals surface area contributed by atoms with Gasteiger partial charge in [-0.15, -0.1) is 0 Å². The van der Waals surface area contributed by atoms with Crippen LogP contribution in [0.15, 0.2) is 77.9 Å². The monoisotopic (exact) mass is 503 g/mol. The van der Waals surface area contributed by atoms with Crippen LogP contribution in [0.2, 0.25) is 0 Å². The van der Waals surface area contributed by atoms with Crippen molar-refractivity contribution in [1.29, 1.82) is 0 Å². The maximum atomic E-state index is 12.1. The van der Waals surface area contributed by atoms with Gasteiger partial charge in [0.15, 0.2) is 5.43 Å². The molecule has 0 radical (unpaired) electrons. The van der Waals surface area contributed by atoms with Crippen molar-refractivity contribution in [3.63, 3.8) is 0 Å². The third kappa shape index (κ3) is 9.61. The van der Waals surface area contributed by atoms with Crippen LogP contribution in [0.25, 0.3) is 11.8 Å². The van der Waals surface area contributed by atoms with Crippen molar-refractivity contribution in [3.8, 4) is 17.2 Å². The molecule has 0 aliphatic carbocycles. The van der Waals surface area contributed by atoms with Crippen molar-refractivity contribution in [2.75, 3.05) is 40.9 Å². The highest BCUT2D eigenvalue weighted by Crippen LogP contribution is 2.22. The van der Waals surface area contributed by atoms with E-state index < -0.39 is 0 Å². The number of benzene rings is 2. The van der Waals surface area contributed by atoms with E-state index in [9.17, 15) is 9.59 Å². The minimum absolute atomic E-state index is 0.0106. The van der Waals surface area contributed by atoms with Crippen molar-refractivity contribution < 1.29 is 14.3 Å². The number of ether oxygens (including phenoxy) is 2. The molecular formula is C30H37N3O4. The van der Waals surface area contributed by atoms with Gasteiger partial charge in [-0.3, -0.25) is 9.59 Å². The van der Waals surface area contributed by atoms with E-state index in [0.717, 1.165) is 55.1 Å². The number of carbonyl (C=O) groups excluding carboxylic acids is 1. The van der Waals surface area contributed by atoms with Crippen molar-refractivity contribution in [2.45, 2.75) is 25.7 Å². The summed E-state index contributed by atoms with van der Waals surface area (Å²) in [5.41, 5.74) is 3.17. The number of carbonyl (C=O) groups is 1. The van der Waals surface area contributed by atoms with Crippen molar-refractivity contribution in [1.82, 2.24) is 14.8 Å². The minimum Gasteiger partial charge on any atom is -0.497 e. The quantitative estimate of drug-likeness (QED) is 0.332. The van der Waals surface area contributed by atoms with Gasteiger partial charge in [0, 0.05) is 55.8 Å². The first kappa shape index (κ1) is 27.7. The van der Waals surface area contributed by atoms with E-state index in [0.29, 0.717) is 13.0 Å². The molecule has 1 N–H and O–H groups in total. The molecule has 196 valence electrons. The third-order valence-electron chi connectivity index (χ3n) is 6.09. The largest absolute Gasteiger partial charge is 0.497 e. The predicted molar refractivity (Wildman–Crippen MR) is 149 cm³/mol. The highest BCUT2D eigenvalue weighted by molar-refractivity contribution is 5.78. The van der Waals surface area contributed by atoms with E-state index in [1.54, 1.807) is 26.6 Å². The molecule has 3 rings (SSSR count). The Balaban J connectivity index is 1.29. The number of pyridine rings is 1. The van der Waals surface area contributed by atoms with Crippen LogP contribution in [0.1, 0.15) is 30.4 Å². The Morgan fingerprint density at radius 3 is 2.27 bits per heavy atom. The summed E-state index contributed by atoms with van der Waals surface area (Å²) in [6.07, 6.45) is 10.6. The first-order valence-corrected chi connectivity index (χ1v) is 12.6. The number of unbranched alkanes of at least 4 members (excludes halogenated alkanes) is 1. The molecule has 7 heteroatoms. The molecule has 0 fully saturated rings. The van der Waals surface area contributed by atoms with Gasteiger partial charge in [-0.25, -0.2) is 0 Å². The summed E-state index contributed by atoms with van der Waals surface area (Å²) in [7, 11) is 5.45. The zero-order valence-electron chi connectivity index (χ0n) is 22.0. The van der Waals surface area contributed by atoms with Crippen LogP contribution >= 0.6 is 0 Å². The fourth-order valence-corrected chi connectivity index (χ4v) is 3.89. The molecule has 1 amide bonds. The number of rotatable bonds is 14. The van der Waals surface area contributed by atoms with Gasteiger partial charge in [0.2, 0.25) is 5.91 Å². The lowest BCUT2D eigenvalue weighted by atomic mass is 10.1. The molecule has 0 atom stereocenters. The summed E-state index contributed by atoms with van der Waals surface area (Å²) in [5.74, 6) is 1.65. The van der Waals surface area contributed by atoms with E-state index >= 15 is 0 Å². The second-order valence-electron chi connectivity index (χ2n) is 8.97. The summed E-state index contributed by atoms with van der Waals surface area (Å²) >= 11 is 0. The Labute approximate surface area is 219 Å². The van der Waals surface area contributed by atoms with Gasteiger partial charge in [-0.05, 0) is 68.2 Å². The summed E-state index contributed by atoms with van der Waals surface area (Å²) in [4.78, 5) is 25.7. The molecule has 3 aromatic rings. The lowest BCUT2D eigenvalue weighted by Gasteiger charge is -2.17. The molecular weight excluding hydrogens is 466 g/mol. The van der Waals surface area contributed by atoms with E-state index in [2.05, 4.69) is 17.3 Å². The Morgan fingerprint density at radius 2 is 1.62 bits per heavy atom. The van der Waals surface area contributed by atoms with Gasteiger partial charge in [0.1, 0.15) is 11.5 Å². The number of likely N-dealkylation sites (N-methyl/N-ethyl adjacent to an activating group) is 1. The zero-order chi connectivity index (χ0) is 26.5.